The number of allylic oxidation sites excluding steroid dienone is 1. The van der Waals surface area contributed by atoms with E-state index in [0.29, 0.717) is 38.5 Å². The Morgan fingerprint density at radius 1 is 1.23 bits per heavy atom. The topological polar surface area (TPSA) is 78.5 Å². The highest BCUT2D eigenvalue weighted by Gasteiger charge is 2.31. The second-order valence-corrected chi connectivity index (χ2v) is 11.2. The van der Waals surface area contributed by atoms with Crippen LogP contribution in [0.4, 0.5) is 0 Å². The van der Waals surface area contributed by atoms with Gasteiger partial charge in [0, 0.05) is 37.4 Å². The highest BCUT2D eigenvalue weighted by atomic mass is 16.5. The Balaban J connectivity index is 1.50. The number of benzene rings is 1. The summed E-state index contributed by atoms with van der Waals surface area (Å²) in [5.74, 6) is 0.0921. The van der Waals surface area contributed by atoms with Crippen LogP contribution in [-0.4, -0.2) is 38.6 Å². The second-order valence-electron chi connectivity index (χ2n) is 11.2. The third-order valence-electron chi connectivity index (χ3n) is 8.56. The molecule has 214 valence electrons. The Bertz CT molecular complexity index is 1400. The predicted molar refractivity (Wildman–Crippen MR) is 157 cm³/mol. The molecule has 7 nitrogen and oxygen atoms in total. The molecule has 3 aromatic rings. The van der Waals surface area contributed by atoms with Crippen LogP contribution >= 0.6 is 0 Å². The number of aryl methyl sites for hydroxylation is 3. The van der Waals surface area contributed by atoms with Crippen molar-refractivity contribution in [2.45, 2.75) is 91.2 Å². The van der Waals surface area contributed by atoms with Crippen LogP contribution < -0.4 is 4.74 Å². The summed E-state index contributed by atoms with van der Waals surface area (Å²) in [7, 11) is 1.96. The quantitative estimate of drug-likeness (QED) is 0.338. The Morgan fingerprint density at radius 3 is 2.85 bits per heavy atom. The summed E-state index contributed by atoms with van der Waals surface area (Å²) in [4.78, 5) is 12.9. The maximum absolute atomic E-state index is 12.9. The van der Waals surface area contributed by atoms with Crippen LogP contribution in [0.25, 0.3) is 6.08 Å². The summed E-state index contributed by atoms with van der Waals surface area (Å²) in [5, 5.41) is 15.3. The van der Waals surface area contributed by atoms with Gasteiger partial charge >= 0.3 is 5.97 Å². The van der Waals surface area contributed by atoms with E-state index in [1.165, 1.54) is 24.0 Å². The van der Waals surface area contributed by atoms with Crippen LogP contribution in [0.3, 0.4) is 0 Å². The number of nitrogens with zero attached hydrogens (tertiary/aromatic N) is 3. The minimum absolute atomic E-state index is 0.0319. The molecule has 2 aliphatic rings. The smallest absolute Gasteiger partial charge is 0.352 e. The zero-order valence-electron chi connectivity index (χ0n) is 24.5. The first-order valence-corrected chi connectivity index (χ1v) is 14.9. The Kier molecular flexibility index (Phi) is 8.79. The Labute approximate surface area is 237 Å². The number of rotatable bonds is 7. The lowest BCUT2D eigenvalue weighted by atomic mass is 9.91. The van der Waals surface area contributed by atoms with Gasteiger partial charge in [-0.25, -0.2) is 4.79 Å². The first-order chi connectivity index (χ1) is 19.4. The predicted octanol–water partition coefficient (Wildman–Crippen LogP) is 6.61. The van der Waals surface area contributed by atoms with Gasteiger partial charge in [0.15, 0.2) is 0 Å². The number of carboxylic acids is 1. The van der Waals surface area contributed by atoms with E-state index in [9.17, 15) is 9.90 Å². The summed E-state index contributed by atoms with van der Waals surface area (Å²) in [6.07, 6.45) is 11.9. The molecule has 0 radical (unpaired) electrons. The molecule has 1 atom stereocenters. The van der Waals surface area contributed by atoms with E-state index in [0.717, 1.165) is 71.6 Å². The van der Waals surface area contributed by atoms with E-state index in [1.54, 1.807) is 0 Å². The molecule has 1 unspecified atom stereocenters. The van der Waals surface area contributed by atoms with E-state index in [1.807, 2.05) is 31.7 Å². The van der Waals surface area contributed by atoms with Gasteiger partial charge in [-0.3, -0.25) is 4.68 Å². The van der Waals surface area contributed by atoms with Crippen molar-refractivity contribution < 1.29 is 19.4 Å². The van der Waals surface area contributed by atoms with Crippen LogP contribution in [0, 0.1) is 6.92 Å². The number of carboxylic acid groups (broad SMARTS) is 1. The van der Waals surface area contributed by atoms with Gasteiger partial charge in [0.2, 0.25) is 0 Å². The average Bonchev–Trinajstić information content (AvgIpc) is 3.39. The Hall–Kier alpha value is -3.32. The monoisotopic (exact) mass is 545 g/mol. The lowest BCUT2D eigenvalue weighted by molar-refractivity contribution is 0.0682. The number of carbonyl (C=O) groups is 1. The molecule has 3 heterocycles. The van der Waals surface area contributed by atoms with Crippen molar-refractivity contribution in [2.75, 3.05) is 13.2 Å². The molecule has 40 heavy (non-hydrogen) atoms. The summed E-state index contributed by atoms with van der Waals surface area (Å²) in [6, 6.07) is 6.39. The van der Waals surface area contributed by atoms with Crippen LogP contribution in [0.15, 0.2) is 24.3 Å². The third-order valence-corrected chi connectivity index (χ3v) is 8.56. The molecular weight excluding hydrogens is 502 g/mol. The minimum atomic E-state index is -0.869. The zero-order chi connectivity index (χ0) is 28.2. The van der Waals surface area contributed by atoms with E-state index in [2.05, 4.69) is 35.8 Å². The molecular formula is C33H43N3O4. The highest BCUT2D eigenvalue weighted by molar-refractivity contribution is 5.90. The summed E-state index contributed by atoms with van der Waals surface area (Å²) < 4.78 is 16.3. The molecule has 0 bridgehead atoms. The van der Waals surface area contributed by atoms with Crippen molar-refractivity contribution in [3.05, 3.63) is 74.9 Å². The molecule has 0 spiro atoms. The van der Waals surface area contributed by atoms with Crippen LogP contribution in [-0.2, 0) is 44.2 Å². The van der Waals surface area contributed by atoms with Crippen molar-refractivity contribution in [1.82, 2.24) is 14.3 Å². The molecule has 5 rings (SSSR count). The van der Waals surface area contributed by atoms with Crippen LogP contribution in [0.1, 0.15) is 107 Å². The standard InChI is InChI=1S/C33H43N3O4/c1-5-12-26-27(16-11-20-40-29-17-10-14-24-13-6-7-15-25(24)29)32(33(37)38)36-18-8-9-19-39-21-28-30(22(2)31(26)36)23(3)34-35(28)4/h5,10,12,14,17,22H,6-9,11,13,15-16,18-21H2,1-4H3,(H,37,38)/b12-5-. The molecule has 1 aliphatic heterocycles. The largest absolute Gasteiger partial charge is 0.493 e. The van der Waals surface area contributed by atoms with E-state index >= 15 is 0 Å². The first-order valence-electron chi connectivity index (χ1n) is 14.9. The zero-order valence-corrected chi connectivity index (χ0v) is 24.5. The number of aromatic carboxylic acids is 1. The molecule has 0 saturated carbocycles. The molecule has 0 fully saturated rings. The summed E-state index contributed by atoms with van der Waals surface area (Å²) in [5.41, 5.74) is 9.32. The lowest BCUT2D eigenvalue weighted by Gasteiger charge is -2.19. The van der Waals surface area contributed by atoms with Crippen LogP contribution in [0.2, 0.25) is 0 Å². The molecule has 1 aromatic carbocycles. The van der Waals surface area contributed by atoms with E-state index < -0.39 is 5.97 Å². The molecule has 0 saturated heterocycles. The number of hydrogen-bond acceptors (Lipinski definition) is 4. The van der Waals surface area contributed by atoms with E-state index in [4.69, 9.17) is 14.6 Å². The fraction of sp³-hybridized carbons (Fsp3) is 0.515. The van der Waals surface area contributed by atoms with Crippen molar-refractivity contribution in [1.29, 1.82) is 0 Å². The van der Waals surface area contributed by atoms with Crippen molar-refractivity contribution in [3.8, 4) is 5.75 Å². The van der Waals surface area contributed by atoms with Gasteiger partial charge < -0.3 is 19.1 Å². The molecule has 1 N–H and O–H groups in total. The maximum atomic E-state index is 12.9. The average molecular weight is 546 g/mol. The van der Waals surface area contributed by atoms with Crippen molar-refractivity contribution >= 4 is 12.0 Å². The van der Waals surface area contributed by atoms with Gasteiger partial charge in [-0.15, -0.1) is 0 Å². The van der Waals surface area contributed by atoms with Crippen molar-refractivity contribution in [2.24, 2.45) is 7.05 Å². The lowest BCUT2D eigenvalue weighted by Crippen LogP contribution is -2.15. The van der Waals surface area contributed by atoms with Gasteiger partial charge in [-0.1, -0.05) is 31.2 Å². The fourth-order valence-electron chi connectivity index (χ4n) is 6.81. The number of hydrogen-bond donors (Lipinski definition) is 1. The minimum Gasteiger partial charge on any atom is -0.493 e. The van der Waals surface area contributed by atoms with Gasteiger partial charge in [-0.2, -0.15) is 5.10 Å². The van der Waals surface area contributed by atoms with Gasteiger partial charge in [0.05, 0.1) is 24.6 Å². The SMILES string of the molecule is C/C=C\c1c(CCCOc2cccc3c2CCCC3)c(C(=O)O)n2c1C(C)c1c(C)nn(C)c1COCCCC2. The third kappa shape index (κ3) is 5.49. The number of aromatic nitrogens is 3. The molecule has 0 amide bonds. The number of fused-ring (bicyclic) bond motifs is 3. The first kappa shape index (κ1) is 28.2. The van der Waals surface area contributed by atoms with Crippen LogP contribution in [0.5, 0.6) is 5.75 Å². The van der Waals surface area contributed by atoms with Gasteiger partial charge in [-0.05, 0) is 93.5 Å². The Morgan fingerprint density at radius 2 is 2.05 bits per heavy atom. The number of ether oxygens (including phenoxy) is 2. The highest BCUT2D eigenvalue weighted by Crippen LogP contribution is 2.38. The van der Waals surface area contributed by atoms with E-state index in [-0.39, 0.29) is 5.92 Å². The normalized spacial score (nSPS) is 17.6. The summed E-state index contributed by atoms with van der Waals surface area (Å²) >= 11 is 0. The molecule has 1 aliphatic carbocycles. The summed E-state index contributed by atoms with van der Waals surface area (Å²) in [6.45, 7) is 8.58. The maximum Gasteiger partial charge on any atom is 0.352 e. The van der Waals surface area contributed by atoms with Gasteiger partial charge in [0.1, 0.15) is 11.4 Å². The molecule has 2 aromatic heterocycles. The fourth-order valence-corrected chi connectivity index (χ4v) is 6.81. The molecule has 7 heteroatoms. The second kappa shape index (κ2) is 12.5. The van der Waals surface area contributed by atoms with Crippen molar-refractivity contribution in [3.63, 3.8) is 0 Å². The van der Waals surface area contributed by atoms with Gasteiger partial charge in [0.25, 0.3) is 0 Å².